The number of aliphatic imine (C=N–C) groups is 1. The molecule has 2 aromatic carbocycles. The van der Waals surface area contributed by atoms with Crippen molar-refractivity contribution in [3.63, 3.8) is 0 Å². The van der Waals surface area contributed by atoms with Crippen LogP contribution in [0.3, 0.4) is 0 Å². The van der Waals surface area contributed by atoms with E-state index in [2.05, 4.69) is 168 Å². The van der Waals surface area contributed by atoms with Gasteiger partial charge in [0, 0.05) is 66.2 Å². The number of para-hydroxylation sites is 1. The van der Waals surface area contributed by atoms with Gasteiger partial charge in [-0.1, -0.05) is 312 Å². The van der Waals surface area contributed by atoms with Crippen LogP contribution in [0.4, 0.5) is 0 Å². The standard InChI is InChI=1S/C12H13N.C11H11NO2.C11H15N.C10H16N2.C10H20.C9H18.C8H12N2.7C2H6/c1-9(2)11-8-7-10-5-3-4-6-12(10)13-11;1-7(2)12-10(13)8-5-3-4-6-9(8)11(12)14;1-8(2)10-6-9-4-3-5-12-11(9)7-10;1-8(2)9-7-12-6-4-3-5-10(12)11-9;1-9(2)10-7-5-3-4-6-8-10;1-8(2)9-6-4-3-5-7-9;1-8(2,3)7-9-5-4-6-10-7;7*1-2/h3-9H,1-2H3;3-7H,1-2H3;3-5,7-9,11H,6H2,1-2H3;7-8H,3-6H2,1-2H3;9-10H,3-8H2,1-2H3;8-9H,3-7H2,1-2H3;4-6H,1-3H3;7*1-2H3. The Kier molecular flexibility index (Phi) is 54.7. The number of carbonyl (C=O) groups is 2. The second-order valence-electron chi connectivity index (χ2n) is 26.0. The number of allylic oxidation sites excluding steroid dienone is 2. The molecule has 6 aliphatic rings. The number of nitrogens with zero attached hydrogens (tertiary/aromatic N) is 7. The number of fused-ring (bicyclic) bond motifs is 4. The van der Waals surface area contributed by atoms with Gasteiger partial charge in [0.2, 0.25) is 0 Å². The molecule has 2 amide bonds. The van der Waals surface area contributed by atoms with E-state index in [0.29, 0.717) is 40.8 Å². The molecule has 9 nitrogen and oxygen atoms in total. The number of benzene rings is 2. The normalized spacial score (nSPS) is 16.4. The molecule has 9 heteroatoms. The summed E-state index contributed by atoms with van der Waals surface area (Å²) in [6, 6.07) is 21.6. The monoisotopic (exact) mass is 1300 g/mol. The Hall–Kier alpha value is -5.57. The quantitative estimate of drug-likeness (QED) is 0.0952. The molecule has 11 rings (SSSR count). The first-order valence-corrected chi connectivity index (χ1v) is 38.2. The van der Waals surface area contributed by atoms with Gasteiger partial charge in [0.05, 0.1) is 28.4 Å². The van der Waals surface area contributed by atoms with Crippen molar-refractivity contribution in [2.75, 3.05) is 0 Å². The number of carbonyl (C=O) groups excluding carboxylic acids is 2. The summed E-state index contributed by atoms with van der Waals surface area (Å²) in [5.74, 6) is 8.23. The lowest BCUT2D eigenvalue weighted by molar-refractivity contribution is 0.0609. The molecule has 2 atom stereocenters. The summed E-state index contributed by atoms with van der Waals surface area (Å²) in [4.78, 5) is 46.7. The molecule has 0 spiro atoms. The molecular weight excluding hydrogens is 1150 g/mol. The Labute approximate surface area is 581 Å². The molecule has 0 bridgehead atoms. The summed E-state index contributed by atoms with van der Waals surface area (Å²) in [5, 5.41) is 1.21. The van der Waals surface area contributed by atoms with Gasteiger partial charge in [-0.2, -0.15) is 0 Å². The Balaban J connectivity index is -0.000000999. The maximum atomic E-state index is 11.8. The van der Waals surface area contributed by atoms with E-state index in [0.717, 1.165) is 35.0 Å². The molecule has 94 heavy (non-hydrogen) atoms. The highest BCUT2D eigenvalue weighted by Crippen LogP contribution is 2.34. The first-order valence-electron chi connectivity index (χ1n) is 38.2. The van der Waals surface area contributed by atoms with E-state index in [1.165, 1.54) is 130 Å². The lowest BCUT2D eigenvalue weighted by atomic mass is 9.82. The topological polar surface area (TPSA) is 106 Å². The van der Waals surface area contributed by atoms with Crippen molar-refractivity contribution in [1.82, 2.24) is 29.4 Å². The van der Waals surface area contributed by atoms with Crippen molar-refractivity contribution in [3.05, 3.63) is 143 Å². The van der Waals surface area contributed by atoms with Crippen LogP contribution in [0.2, 0.25) is 0 Å². The molecule has 0 saturated heterocycles. The third-order valence-corrected chi connectivity index (χ3v) is 16.5. The maximum Gasteiger partial charge on any atom is 0.261 e. The van der Waals surface area contributed by atoms with Crippen molar-refractivity contribution in [1.29, 1.82) is 0 Å². The average molecular weight is 1300 g/mol. The predicted octanol–water partition coefficient (Wildman–Crippen LogP) is 25.8. The second kappa shape index (κ2) is 55.6. The van der Waals surface area contributed by atoms with Crippen LogP contribution in [0.5, 0.6) is 0 Å². The highest BCUT2D eigenvalue weighted by Gasteiger charge is 2.36. The molecule has 3 aliphatic heterocycles. The number of imidazole rings is 1. The largest absolute Gasteiger partial charge is 0.335 e. The molecule has 2 saturated carbocycles. The molecule has 3 aromatic heterocycles. The number of hydrogen-bond donors (Lipinski definition) is 0. The summed E-state index contributed by atoms with van der Waals surface area (Å²) in [7, 11) is 0. The van der Waals surface area contributed by atoms with Crippen LogP contribution < -0.4 is 0 Å². The summed E-state index contributed by atoms with van der Waals surface area (Å²) in [6.07, 6.45) is 35.8. The molecule has 0 N–H and O–H groups in total. The third-order valence-electron chi connectivity index (χ3n) is 16.5. The van der Waals surface area contributed by atoms with Gasteiger partial charge in [-0.15, -0.1) is 0 Å². The Morgan fingerprint density at radius 2 is 0.968 bits per heavy atom. The molecule has 0 radical (unpaired) electrons. The van der Waals surface area contributed by atoms with Crippen LogP contribution in [0.1, 0.15) is 346 Å². The fourth-order valence-corrected chi connectivity index (χ4v) is 11.2. The maximum absolute atomic E-state index is 11.8. The number of imide groups is 1. The smallest absolute Gasteiger partial charge is 0.261 e. The van der Waals surface area contributed by atoms with Crippen LogP contribution in [-0.2, 0) is 18.4 Å². The highest BCUT2D eigenvalue weighted by atomic mass is 16.2. The number of hydrogen-bond acceptors (Lipinski definition) is 7. The van der Waals surface area contributed by atoms with E-state index < -0.39 is 0 Å². The van der Waals surface area contributed by atoms with Crippen molar-refractivity contribution in [2.24, 2.45) is 40.5 Å². The minimum absolute atomic E-state index is 0.0707. The van der Waals surface area contributed by atoms with Gasteiger partial charge in [-0.3, -0.25) is 24.5 Å². The number of rotatable bonds is 6. The predicted molar refractivity (Wildman–Crippen MR) is 417 cm³/mol. The van der Waals surface area contributed by atoms with E-state index in [1.807, 2.05) is 135 Å². The fraction of sp³-hybridized carbons (Fsp3) is 0.659. The van der Waals surface area contributed by atoms with Crippen molar-refractivity contribution in [3.8, 4) is 0 Å². The summed E-state index contributed by atoms with van der Waals surface area (Å²) in [6.45, 7) is 61.9. The van der Waals surface area contributed by atoms with E-state index >= 15 is 0 Å². The lowest BCUT2D eigenvalue weighted by Gasteiger charge is -2.24. The van der Waals surface area contributed by atoms with Gasteiger partial charge in [0.15, 0.2) is 0 Å². The molecule has 5 aromatic rings. The van der Waals surface area contributed by atoms with E-state index in [-0.39, 0.29) is 23.3 Å². The van der Waals surface area contributed by atoms with Crippen LogP contribution >= 0.6 is 0 Å². The zero-order valence-electron chi connectivity index (χ0n) is 66.4. The number of amides is 2. The molecule has 6 heterocycles. The first-order chi connectivity index (χ1) is 45.2. The first kappa shape index (κ1) is 92.6. The average Bonchev–Trinajstić information content (AvgIpc) is 1.63. The summed E-state index contributed by atoms with van der Waals surface area (Å²) in [5.41, 5.74) is 6.20. The molecular formula is C85H147N7O2. The zero-order chi connectivity index (χ0) is 72.4. The second-order valence-corrected chi connectivity index (χ2v) is 26.0. The van der Waals surface area contributed by atoms with E-state index in [4.69, 9.17) is 0 Å². The summed E-state index contributed by atoms with van der Waals surface area (Å²) >= 11 is 0. The van der Waals surface area contributed by atoms with Crippen LogP contribution in [0.15, 0.2) is 114 Å². The molecule has 2 unspecified atom stereocenters. The SMILES string of the molecule is CC.CC.CC.CC.CC.CC.CC.CC(C)(C)c1ncccn1.CC(C)C1=CC2N=CC=CC2C1.CC(C)C1CCCCC1.CC(C)C1CCCCCC1.CC(C)N1C(=O)c2ccccc2C1=O.CC(C)c1ccc2ccccc2n1.CC(C)c1cn2c(n1)CCCC2. The number of pyridine rings is 1. The van der Waals surface area contributed by atoms with Crippen molar-refractivity contribution in [2.45, 2.75) is 333 Å². The van der Waals surface area contributed by atoms with Gasteiger partial charge in [-0.25, -0.2) is 15.0 Å². The lowest BCUT2D eigenvalue weighted by Crippen LogP contribution is -2.35. The van der Waals surface area contributed by atoms with Gasteiger partial charge in [-0.05, 0) is 111 Å². The van der Waals surface area contributed by atoms with Crippen molar-refractivity contribution >= 4 is 28.9 Å². The van der Waals surface area contributed by atoms with E-state index in [9.17, 15) is 9.59 Å². The number of dihydropyridines is 1. The highest BCUT2D eigenvalue weighted by molar-refractivity contribution is 6.21. The molecule has 534 valence electrons. The van der Waals surface area contributed by atoms with Crippen LogP contribution in [0, 0.1) is 35.5 Å². The Bertz CT molecular complexity index is 2650. The summed E-state index contributed by atoms with van der Waals surface area (Å²) < 4.78 is 2.32. The van der Waals surface area contributed by atoms with Gasteiger partial charge >= 0.3 is 0 Å². The van der Waals surface area contributed by atoms with Crippen LogP contribution in [0.25, 0.3) is 10.9 Å². The zero-order valence-corrected chi connectivity index (χ0v) is 66.4. The Morgan fingerprint density at radius 1 is 0.500 bits per heavy atom. The molecule has 2 fully saturated rings. The Morgan fingerprint density at radius 3 is 1.38 bits per heavy atom. The minimum Gasteiger partial charge on any atom is -0.335 e. The van der Waals surface area contributed by atoms with Crippen LogP contribution in [-0.4, -0.2) is 59.5 Å². The van der Waals surface area contributed by atoms with Gasteiger partial charge in [0.25, 0.3) is 11.8 Å². The minimum atomic E-state index is -0.180. The van der Waals surface area contributed by atoms with E-state index in [1.54, 1.807) is 42.2 Å². The molecule has 3 aliphatic carbocycles. The third kappa shape index (κ3) is 34.9. The number of aromatic nitrogens is 5. The van der Waals surface area contributed by atoms with Gasteiger partial charge in [0.1, 0.15) is 11.6 Å². The van der Waals surface area contributed by atoms with Crippen molar-refractivity contribution < 1.29 is 9.59 Å². The number of aryl methyl sites for hydroxylation is 2. The fourth-order valence-electron chi connectivity index (χ4n) is 11.2. The van der Waals surface area contributed by atoms with Gasteiger partial charge < -0.3 is 4.57 Å².